The lowest BCUT2D eigenvalue weighted by atomic mass is 10.2. The van der Waals surface area contributed by atoms with Crippen molar-refractivity contribution >= 4 is 22.7 Å². The smallest absolute Gasteiger partial charge is 0.356 e. The second-order valence-electron chi connectivity index (χ2n) is 4.62. The highest BCUT2D eigenvalue weighted by Crippen LogP contribution is 2.14. The summed E-state index contributed by atoms with van der Waals surface area (Å²) in [5.41, 5.74) is 0.997. The Morgan fingerprint density at radius 1 is 1.24 bits per heavy atom. The number of pyridine rings is 1. The molecule has 0 unspecified atom stereocenters. The third kappa shape index (κ3) is 3.00. The standard InChI is InChI=1S/C15H14N4O2/c20-15(21)13-9-19(10-17-13)8-7-16-14-6-5-11-3-1-2-4-12(11)18-14/h1-6,9-10H,7-8H2,(H,16,18)(H,20,21). The number of nitrogens with zero attached hydrogens (tertiary/aromatic N) is 3. The zero-order chi connectivity index (χ0) is 14.7. The first-order valence-corrected chi connectivity index (χ1v) is 6.57. The zero-order valence-electron chi connectivity index (χ0n) is 11.2. The number of hydrogen-bond acceptors (Lipinski definition) is 4. The molecule has 2 N–H and O–H groups in total. The molecule has 2 heterocycles. The minimum absolute atomic E-state index is 0.0545. The number of para-hydroxylation sites is 1. The summed E-state index contributed by atoms with van der Waals surface area (Å²) in [4.78, 5) is 19.0. The maximum atomic E-state index is 10.7. The quantitative estimate of drug-likeness (QED) is 0.750. The van der Waals surface area contributed by atoms with Gasteiger partial charge in [-0.1, -0.05) is 18.2 Å². The topological polar surface area (TPSA) is 80.0 Å². The molecule has 0 aliphatic heterocycles. The first-order valence-electron chi connectivity index (χ1n) is 6.57. The molecule has 6 nitrogen and oxygen atoms in total. The van der Waals surface area contributed by atoms with Crippen molar-refractivity contribution in [2.24, 2.45) is 0 Å². The van der Waals surface area contributed by atoms with Crippen LogP contribution < -0.4 is 5.32 Å². The monoisotopic (exact) mass is 282 g/mol. The van der Waals surface area contributed by atoms with Crippen LogP contribution in [0.4, 0.5) is 5.82 Å². The molecule has 6 heteroatoms. The number of anilines is 1. The average molecular weight is 282 g/mol. The van der Waals surface area contributed by atoms with Gasteiger partial charge >= 0.3 is 5.97 Å². The van der Waals surface area contributed by atoms with Crippen molar-refractivity contribution in [1.82, 2.24) is 14.5 Å². The maximum Gasteiger partial charge on any atom is 0.356 e. The molecule has 0 atom stereocenters. The van der Waals surface area contributed by atoms with E-state index in [0.717, 1.165) is 16.7 Å². The van der Waals surface area contributed by atoms with E-state index in [-0.39, 0.29) is 5.69 Å². The average Bonchev–Trinajstić information content (AvgIpc) is 2.96. The lowest BCUT2D eigenvalue weighted by Gasteiger charge is -2.07. The number of carboxylic acids is 1. The van der Waals surface area contributed by atoms with Gasteiger partial charge in [-0.05, 0) is 18.2 Å². The predicted molar refractivity (Wildman–Crippen MR) is 79.4 cm³/mol. The Bertz CT molecular complexity index is 782. The van der Waals surface area contributed by atoms with Crippen molar-refractivity contribution in [3.05, 3.63) is 54.6 Å². The van der Waals surface area contributed by atoms with Crippen molar-refractivity contribution < 1.29 is 9.90 Å². The van der Waals surface area contributed by atoms with E-state index >= 15 is 0 Å². The Balaban J connectivity index is 1.62. The molecule has 0 aliphatic rings. The molecule has 0 amide bonds. The van der Waals surface area contributed by atoms with E-state index in [9.17, 15) is 4.79 Å². The van der Waals surface area contributed by atoms with Gasteiger partial charge < -0.3 is 15.0 Å². The summed E-state index contributed by atoms with van der Waals surface area (Å²) in [5, 5.41) is 13.1. The number of imidazole rings is 1. The Labute approximate surface area is 121 Å². The summed E-state index contributed by atoms with van der Waals surface area (Å²) in [6, 6.07) is 11.9. The van der Waals surface area contributed by atoms with Crippen LogP contribution in [0.5, 0.6) is 0 Å². The molecule has 0 aliphatic carbocycles. The van der Waals surface area contributed by atoms with Gasteiger partial charge in [0.2, 0.25) is 0 Å². The molecule has 106 valence electrons. The molecule has 2 aromatic heterocycles. The number of benzene rings is 1. The SMILES string of the molecule is O=C(O)c1cn(CCNc2ccc3ccccc3n2)cn1. The lowest BCUT2D eigenvalue weighted by Crippen LogP contribution is -2.10. The van der Waals surface area contributed by atoms with E-state index in [2.05, 4.69) is 15.3 Å². The van der Waals surface area contributed by atoms with E-state index in [0.29, 0.717) is 13.1 Å². The van der Waals surface area contributed by atoms with Gasteiger partial charge in [-0.25, -0.2) is 14.8 Å². The van der Waals surface area contributed by atoms with E-state index in [4.69, 9.17) is 5.11 Å². The third-order valence-electron chi connectivity index (χ3n) is 3.13. The molecule has 3 aromatic rings. The van der Waals surface area contributed by atoms with Crippen molar-refractivity contribution in [3.63, 3.8) is 0 Å². The normalized spacial score (nSPS) is 10.7. The van der Waals surface area contributed by atoms with E-state index in [1.54, 1.807) is 4.57 Å². The Morgan fingerprint density at radius 2 is 2.10 bits per heavy atom. The van der Waals surface area contributed by atoms with Crippen molar-refractivity contribution in [2.75, 3.05) is 11.9 Å². The lowest BCUT2D eigenvalue weighted by molar-refractivity contribution is 0.0691. The highest BCUT2D eigenvalue weighted by atomic mass is 16.4. The Hall–Kier alpha value is -2.89. The fourth-order valence-electron chi connectivity index (χ4n) is 2.07. The zero-order valence-corrected chi connectivity index (χ0v) is 11.2. The number of carbonyl (C=O) groups is 1. The fourth-order valence-corrected chi connectivity index (χ4v) is 2.07. The van der Waals surface area contributed by atoms with Crippen LogP contribution in [0.3, 0.4) is 0 Å². The molecule has 3 rings (SSSR count). The maximum absolute atomic E-state index is 10.7. The van der Waals surface area contributed by atoms with Gasteiger partial charge in [-0.15, -0.1) is 0 Å². The van der Waals surface area contributed by atoms with Crippen LogP contribution in [0.15, 0.2) is 48.9 Å². The van der Waals surface area contributed by atoms with Crippen LogP contribution in [0.2, 0.25) is 0 Å². The predicted octanol–water partition coefficient (Wildman–Crippen LogP) is 2.24. The minimum Gasteiger partial charge on any atom is -0.476 e. The summed E-state index contributed by atoms with van der Waals surface area (Å²) in [7, 11) is 0. The molecule has 0 radical (unpaired) electrons. The largest absolute Gasteiger partial charge is 0.476 e. The fraction of sp³-hybridized carbons (Fsp3) is 0.133. The van der Waals surface area contributed by atoms with Gasteiger partial charge in [0.15, 0.2) is 5.69 Å². The Kier molecular flexibility index (Phi) is 3.51. The van der Waals surface area contributed by atoms with E-state index < -0.39 is 5.97 Å². The van der Waals surface area contributed by atoms with Gasteiger partial charge in [0.1, 0.15) is 5.82 Å². The van der Waals surface area contributed by atoms with Crippen molar-refractivity contribution in [1.29, 1.82) is 0 Å². The first kappa shape index (κ1) is 13.1. The second-order valence-corrected chi connectivity index (χ2v) is 4.62. The molecular weight excluding hydrogens is 268 g/mol. The number of aromatic carboxylic acids is 1. The molecule has 0 fully saturated rings. The van der Waals surface area contributed by atoms with Crippen LogP contribution in [-0.4, -0.2) is 32.2 Å². The molecule has 0 saturated heterocycles. The third-order valence-corrected chi connectivity index (χ3v) is 3.13. The summed E-state index contributed by atoms with van der Waals surface area (Å²) in [6.07, 6.45) is 3.02. The van der Waals surface area contributed by atoms with E-state index in [1.165, 1.54) is 12.5 Å². The van der Waals surface area contributed by atoms with Gasteiger partial charge in [-0.2, -0.15) is 0 Å². The van der Waals surface area contributed by atoms with Gasteiger partial charge in [0.05, 0.1) is 11.8 Å². The highest BCUT2D eigenvalue weighted by Gasteiger charge is 2.05. The molecular formula is C15H14N4O2. The van der Waals surface area contributed by atoms with Gasteiger partial charge in [-0.3, -0.25) is 0 Å². The van der Waals surface area contributed by atoms with Crippen molar-refractivity contribution in [3.8, 4) is 0 Å². The summed E-state index contributed by atoms with van der Waals surface area (Å²) >= 11 is 0. The van der Waals surface area contributed by atoms with Gasteiger partial charge in [0, 0.05) is 24.7 Å². The summed E-state index contributed by atoms with van der Waals surface area (Å²) < 4.78 is 1.73. The number of fused-ring (bicyclic) bond motifs is 1. The van der Waals surface area contributed by atoms with Crippen LogP contribution in [0, 0.1) is 0 Å². The molecule has 0 bridgehead atoms. The number of rotatable bonds is 5. The van der Waals surface area contributed by atoms with E-state index in [1.807, 2.05) is 36.4 Å². The molecule has 0 spiro atoms. The second kappa shape index (κ2) is 5.62. The summed E-state index contributed by atoms with van der Waals surface area (Å²) in [6.45, 7) is 1.26. The van der Waals surface area contributed by atoms with Crippen LogP contribution in [-0.2, 0) is 6.54 Å². The minimum atomic E-state index is -1.02. The van der Waals surface area contributed by atoms with Crippen LogP contribution in [0.1, 0.15) is 10.5 Å². The first-order chi connectivity index (χ1) is 10.2. The highest BCUT2D eigenvalue weighted by molar-refractivity contribution is 5.84. The number of hydrogen-bond donors (Lipinski definition) is 2. The molecule has 0 saturated carbocycles. The van der Waals surface area contributed by atoms with Crippen LogP contribution >= 0.6 is 0 Å². The summed E-state index contributed by atoms with van der Waals surface area (Å²) in [5.74, 6) is -0.217. The molecule has 1 aromatic carbocycles. The van der Waals surface area contributed by atoms with Crippen molar-refractivity contribution in [2.45, 2.75) is 6.54 Å². The number of nitrogens with one attached hydrogen (secondary N) is 1. The number of carboxylic acid groups (broad SMARTS) is 1. The number of aromatic nitrogens is 3. The van der Waals surface area contributed by atoms with Crippen LogP contribution in [0.25, 0.3) is 10.9 Å². The Morgan fingerprint density at radius 3 is 2.90 bits per heavy atom. The molecule has 21 heavy (non-hydrogen) atoms. The van der Waals surface area contributed by atoms with Gasteiger partial charge in [0.25, 0.3) is 0 Å².